The highest BCUT2D eigenvalue weighted by molar-refractivity contribution is 5.96. The van der Waals surface area contributed by atoms with Crippen LogP contribution in [0.3, 0.4) is 0 Å². The van der Waals surface area contributed by atoms with Gasteiger partial charge in [-0.15, -0.1) is 0 Å². The Bertz CT molecular complexity index is 779. The fourth-order valence-corrected chi connectivity index (χ4v) is 2.35. The molecule has 0 spiro atoms. The second-order valence-electron chi connectivity index (χ2n) is 5.47. The highest BCUT2D eigenvalue weighted by atomic mass is 19.1. The first-order valence-corrected chi connectivity index (χ1v) is 7.56. The van der Waals surface area contributed by atoms with Crippen molar-refractivity contribution in [3.8, 4) is 11.1 Å². The summed E-state index contributed by atoms with van der Waals surface area (Å²) in [6.07, 6.45) is 0. The lowest BCUT2D eigenvalue weighted by atomic mass is 9.98. The maximum absolute atomic E-state index is 14.0. The molecule has 2 aromatic carbocycles. The molecule has 0 heterocycles. The molecule has 132 valence electrons. The number of hydrogen-bond donors (Lipinski definition) is 3. The van der Waals surface area contributed by atoms with Crippen LogP contribution in [0.2, 0.25) is 0 Å². The SMILES string of the molecule is COCc1ccccc1-c1cc(F)cc(C(=O)NC[C@@H](N)C(=O)O)c1. The molecule has 2 rings (SSSR count). The van der Waals surface area contributed by atoms with E-state index in [0.29, 0.717) is 12.2 Å². The molecule has 0 unspecified atom stereocenters. The summed E-state index contributed by atoms with van der Waals surface area (Å²) < 4.78 is 19.1. The van der Waals surface area contributed by atoms with Crippen molar-refractivity contribution >= 4 is 11.9 Å². The average molecular weight is 346 g/mol. The van der Waals surface area contributed by atoms with Gasteiger partial charge in [-0.05, 0) is 34.9 Å². The first-order chi connectivity index (χ1) is 11.9. The zero-order valence-electron chi connectivity index (χ0n) is 13.7. The van der Waals surface area contributed by atoms with E-state index in [-0.39, 0.29) is 12.1 Å². The van der Waals surface area contributed by atoms with Crippen LogP contribution in [-0.4, -0.2) is 36.7 Å². The lowest BCUT2D eigenvalue weighted by Crippen LogP contribution is -2.42. The van der Waals surface area contributed by atoms with Gasteiger partial charge in [0.15, 0.2) is 0 Å². The lowest BCUT2D eigenvalue weighted by molar-refractivity contribution is -0.138. The summed E-state index contributed by atoms with van der Waals surface area (Å²) in [5.74, 6) is -2.40. The molecule has 25 heavy (non-hydrogen) atoms. The topological polar surface area (TPSA) is 102 Å². The molecule has 0 aliphatic heterocycles. The van der Waals surface area contributed by atoms with Gasteiger partial charge in [-0.3, -0.25) is 9.59 Å². The highest BCUT2D eigenvalue weighted by Gasteiger charge is 2.15. The number of carboxylic acid groups (broad SMARTS) is 1. The molecule has 0 saturated heterocycles. The Labute approximate surface area is 144 Å². The first-order valence-electron chi connectivity index (χ1n) is 7.56. The van der Waals surface area contributed by atoms with Crippen molar-refractivity contribution in [3.63, 3.8) is 0 Å². The number of methoxy groups -OCH3 is 1. The number of carboxylic acids is 1. The summed E-state index contributed by atoms with van der Waals surface area (Å²) in [5, 5.41) is 11.1. The van der Waals surface area contributed by atoms with E-state index in [1.165, 1.54) is 6.07 Å². The Morgan fingerprint density at radius 1 is 1.28 bits per heavy atom. The monoisotopic (exact) mass is 346 g/mol. The summed E-state index contributed by atoms with van der Waals surface area (Å²) in [6.45, 7) is 0.0992. The van der Waals surface area contributed by atoms with Crippen LogP contribution in [-0.2, 0) is 16.1 Å². The fourth-order valence-electron chi connectivity index (χ4n) is 2.35. The van der Waals surface area contributed by atoms with Crippen molar-refractivity contribution in [2.24, 2.45) is 5.73 Å². The van der Waals surface area contributed by atoms with E-state index in [9.17, 15) is 14.0 Å². The summed E-state index contributed by atoms with van der Waals surface area (Å²) in [6, 6.07) is 10.1. The number of nitrogens with one attached hydrogen (secondary N) is 1. The van der Waals surface area contributed by atoms with Gasteiger partial charge in [0, 0.05) is 19.2 Å². The van der Waals surface area contributed by atoms with Crippen LogP contribution in [0.5, 0.6) is 0 Å². The maximum atomic E-state index is 14.0. The molecule has 0 fully saturated rings. The van der Waals surface area contributed by atoms with E-state index in [4.69, 9.17) is 15.6 Å². The molecule has 4 N–H and O–H groups in total. The van der Waals surface area contributed by atoms with E-state index in [1.807, 2.05) is 24.3 Å². The van der Waals surface area contributed by atoms with Crippen LogP contribution >= 0.6 is 0 Å². The summed E-state index contributed by atoms with van der Waals surface area (Å²) in [7, 11) is 1.56. The second-order valence-corrected chi connectivity index (χ2v) is 5.47. The van der Waals surface area contributed by atoms with Crippen LogP contribution in [0, 0.1) is 5.82 Å². The van der Waals surface area contributed by atoms with Crippen molar-refractivity contribution in [2.75, 3.05) is 13.7 Å². The van der Waals surface area contributed by atoms with Crippen molar-refractivity contribution in [3.05, 3.63) is 59.4 Å². The number of nitrogens with two attached hydrogens (primary N) is 1. The number of hydrogen-bond acceptors (Lipinski definition) is 4. The van der Waals surface area contributed by atoms with Crippen molar-refractivity contribution in [1.82, 2.24) is 5.32 Å². The number of carbonyl (C=O) groups excluding carboxylic acids is 1. The zero-order valence-corrected chi connectivity index (χ0v) is 13.7. The molecular weight excluding hydrogens is 327 g/mol. The molecule has 6 nitrogen and oxygen atoms in total. The Kier molecular flexibility index (Phi) is 6.21. The quantitative estimate of drug-likeness (QED) is 0.709. The zero-order chi connectivity index (χ0) is 18.4. The molecule has 0 aromatic heterocycles. The second kappa shape index (κ2) is 8.36. The predicted molar refractivity (Wildman–Crippen MR) is 90.5 cm³/mol. The third-order valence-electron chi connectivity index (χ3n) is 3.59. The fraction of sp³-hybridized carbons (Fsp3) is 0.222. The molecule has 0 radical (unpaired) electrons. The van der Waals surface area contributed by atoms with Crippen LogP contribution in [0.15, 0.2) is 42.5 Å². The Balaban J connectivity index is 2.29. The summed E-state index contributed by atoms with van der Waals surface area (Å²) in [5.41, 5.74) is 7.56. The molecule has 1 atom stereocenters. The number of aliphatic carboxylic acids is 1. The minimum atomic E-state index is -1.23. The van der Waals surface area contributed by atoms with Gasteiger partial charge in [0.05, 0.1) is 6.61 Å². The van der Waals surface area contributed by atoms with Gasteiger partial charge < -0.3 is 20.9 Å². The van der Waals surface area contributed by atoms with Gasteiger partial charge in [0.1, 0.15) is 11.9 Å². The minimum Gasteiger partial charge on any atom is -0.480 e. The van der Waals surface area contributed by atoms with Gasteiger partial charge in [0.25, 0.3) is 5.91 Å². The first kappa shape index (κ1) is 18.6. The molecule has 0 saturated carbocycles. The van der Waals surface area contributed by atoms with Gasteiger partial charge in [0.2, 0.25) is 0 Å². The number of benzene rings is 2. The number of ether oxygens (including phenoxy) is 1. The molecule has 1 amide bonds. The smallest absolute Gasteiger partial charge is 0.322 e. The third kappa shape index (κ3) is 4.85. The summed E-state index contributed by atoms with van der Waals surface area (Å²) in [4.78, 5) is 22.9. The number of halogens is 1. The molecule has 2 aromatic rings. The molecule has 0 bridgehead atoms. The summed E-state index contributed by atoms with van der Waals surface area (Å²) >= 11 is 0. The van der Waals surface area contributed by atoms with Crippen molar-refractivity contribution in [1.29, 1.82) is 0 Å². The van der Waals surface area contributed by atoms with Crippen LogP contribution in [0.25, 0.3) is 11.1 Å². The van der Waals surface area contributed by atoms with E-state index in [2.05, 4.69) is 5.32 Å². The Hall–Kier alpha value is -2.77. The van der Waals surface area contributed by atoms with Gasteiger partial charge in [-0.25, -0.2) is 4.39 Å². The maximum Gasteiger partial charge on any atom is 0.322 e. The molecule has 7 heteroatoms. The average Bonchev–Trinajstić information content (AvgIpc) is 2.59. The Morgan fingerprint density at radius 2 is 2.00 bits per heavy atom. The number of rotatable bonds is 7. The van der Waals surface area contributed by atoms with E-state index < -0.39 is 23.7 Å². The number of carbonyl (C=O) groups is 2. The third-order valence-corrected chi connectivity index (χ3v) is 3.59. The lowest BCUT2D eigenvalue weighted by Gasteiger charge is -2.12. The number of amides is 1. The predicted octanol–water partition coefficient (Wildman–Crippen LogP) is 1.78. The van der Waals surface area contributed by atoms with Crippen LogP contribution in [0.4, 0.5) is 4.39 Å². The minimum absolute atomic E-state index is 0.0832. The van der Waals surface area contributed by atoms with E-state index in [1.54, 1.807) is 13.2 Å². The molecule has 0 aliphatic rings. The van der Waals surface area contributed by atoms with Gasteiger partial charge in [-0.1, -0.05) is 24.3 Å². The standard InChI is InChI=1S/C18H19FN2O4/c1-25-10-11-4-2-3-5-15(11)12-6-13(8-14(19)7-12)17(22)21-9-16(20)18(23)24/h2-8,16H,9-10,20H2,1H3,(H,21,22)(H,23,24)/t16-/m1/s1. The highest BCUT2D eigenvalue weighted by Crippen LogP contribution is 2.26. The normalized spacial score (nSPS) is 11.8. The van der Waals surface area contributed by atoms with Crippen LogP contribution < -0.4 is 11.1 Å². The van der Waals surface area contributed by atoms with Crippen LogP contribution in [0.1, 0.15) is 15.9 Å². The van der Waals surface area contributed by atoms with Crippen molar-refractivity contribution < 1.29 is 23.8 Å². The molecule has 0 aliphatic carbocycles. The molecular formula is C18H19FN2O4. The largest absolute Gasteiger partial charge is 0.480 e. The Morgan fingerprint density at radius 3 is 2.68 bits per heavy atom. The van der Waals surface area contributed by atoms with E-state index >= 15 is 0 Å². The van der Waals surface area contributed by atoms with Gasteiger partial charge >= 0.3 is 5.97 Å². The van der Waals surface area contributed by atoms with Crippen molar-refractivity contribution in [2.45, 2.75) is 12.6 Å². The van der Waals surface area contributed by atoms with Gasteiger partial charge in [-0.2, -0.15) is 0 Å². The van der Waals surface area contributed by atoms with E-state index in [0.717, 1.165) is 17.2 Å².